The maximum absolute atomic E-state index is 2.54. The van der Waals surface area contributed by atoms with Gasteiger partial charge in [0.25, 0.3) is 0 Å². The van der Waals surface area contributed by atoms with Crippen molar-refractivity contribution in [2.45, 2.75) is 58.9 Å². The molecule has 0 atom stereocenters. The molecule has 0 spiro atoms. The second kappa shape index (κ2) is 3.76. The van der Waals surface area contributed by atoms with E-state index in [9.17, 15) is 0 Å². The Morgan fingerprint density at radius 1 is 1.00 bits per heavy atom. The van der Waals surface area contributed by atoms with Gasteiger partial charge in [-0.25, -0.2) is 0 Å². The van der Waals surface area contributed by atoms with Gasteiger partial charge in [-0.15, -0.1) is 0 Å². The number of fused-ring (bicyclic) bond motifs is 1. The molecule has 2 rings (SSSR count). The first-order chi connectivity index (χ1) is 7.71. The highest BCUT2D eigenvalue weighted by Gasteiger charge is 2.31. The Bertz CT molecular complexity index is 418. The first-order valence-corrected chi connectivity index (χ1v) is 6.61. The van der Waals surface area contributed by atoms with Crippen LogP contribution in [0.25, 0.3) is 0 Å². The minimum absolute atomic E-state index is 0.224. The van der Waals surface area contributed by atoms with E-state index in [2.05, 4.69) is 64.6 Å². The van der Waals surface area contributed by atoms with Crippen molar-refractivity contribution < 1.29 is 0 Å². The number of nitrogens with zero attached hydrogens (tertiary/aromatic N) is 1. The van der Waals surface area contributed by atoms with E-state index in [1.165, 1.54) is 17.7 Å². The lowest BCUT2D eigenvalue weighted by molar-refractivity contribution is 0.518. The molecule has 1 aliphatic rings. The Balaban J connectivity index is 2.50. The summed E-state index contributed by atoms with van der Waals surface area (Å²) in [5, 5.41) is 0. The molecule has 0 aliphatic carbocycles. The molecule has 0 bridgehead atoms. The fourth-order valence-electron chi connectivity index (χ4n) is 2.83. The third kappa shape index (κ3) is 2.20. The standard InChI is InChI=1S/C16H25N/c1-15(2,3)13-8-7-9-14-12(13)10-11-17(14)16(4,5)6/h7-9H,10-11H2,1-6H3. The maximum Gasteiger partial charge on any atom is 0.0406 e. The first-order valence-electron chi connectivity index (χ1n) is 6.61. The van der Waals surface area contributed by atoms with Gasteiger partial charge in [-0.3, -0.25) is 0 Å². The summed E-state index contributed by atoms with van der Waals surface area (Å²) in [6, 6.07) is 6.79. The molecule has 0 amide bonds. The average molecular weight is 231 g/mol. The van der Waals surface area contributed by atoms with Gasteiger partial charge in [0.15, 0.2) is 0 Å². The summed E-state index contributed by atoms with van der Waals surface area (Å²) < 4.78 is 0. The van der Waals surface area contributed by atoms with Gasteiger partial charge in [-0.1, -0.05) is 32.9 Å². The van der Waals surface area contributed by atoms with Crippen LogP contribution in [0, 0.1) is 0 Å². The van der Waals surface area contributed by atoms with Gasteiger partial charge in [0.05, 0.1) is 0 Å². The normalized spacial score (nSPS) is 16.2. The van der Waals surface area contributed by atoms with E-state index in [-0.39, 0.29) is 11.0 Å². The van der Waals surface area contributed by atoms with Gasteiger partial charge in [-0.2, -0.15) is 0 Å². The molecule has 0 unspecified atom stereocenters. The zero-order valence-electron chi connectivity index (χ0n) is 12.1. The summed E-state index contributed by atoms with van der Waals surface area (Å²) in [6.07, 6.45) is 1.19. The Morgan fingerprint density at radius 2 is 1.65 bits per heavy atom. The summed E-state index contributed by atoms with van der Waals surface area (Å²) in [5.41, 5.74) is 5.00. The van der Waals surface area contributed by atoms with Crippen LogP contribution in [0.4, 0.5) is 5.69 Å². The monoisotopic (exact) mass is 231 g/mol. The second-order valence-electron chi connectivity index (χ2n) is 7.13. The molecule has 1 aliphatic heterocycles. The molecule has 0 aromatic heterocycles. The quantitative estimate of drug-likeness (QED) is 0.648. The second-order valence-corrected chi connectivity index (χ2v) is 7.13. The van der Waals surface area contributed by atoms with Crippen LogP contribution in [0.15, 0.2) is 18.2 Å². The van der Waals surface area contributed by atoms with Crippen LogP contribution in [0.5, 0.6) is 0 Å². The molecule has 0 saturated carbocycles. The summed E-state index contributed by atoms with van der Waals surface area (Å²) in [5.74, 6) is 0. The van der Waals surface area contributed by atoms with Crippen molar-refractivity contribution in [1.82, 2.24) is 0 Å². The third-order valence-corrected chi connectivity index (χ3v) is 3.65. The maximum atomic E-state index is 2.54. The van der Waals surface area contributed by atoms with Crippen LogP contribution in [0.3, 0.4) is 0 Å². The summed E-state index contributed by atoms with van der Waals surface area (Å²) >= 11 is 0. The summed E-state index contributed by atoms with van der Waals surface area (Å²) in [4.78, 5) is 2.54. The largest absolute Gasteiger partial charge is 0.366 e. The van der Waals surface area contributed by atoms with E-state index in [0.717, 1.165) is 6.54 Å². The zero-order chi connectivity index (χ0) is 12.8. The lowest BCUT2D eigenvalue weighted by Gasteiger charge is -2.35. The van der Waals surface area contributed by atoms with Gasteiger partial charge >= 0.3 is 0 Å². The molecule has 1 heterocycles. The lowest BCUT2D eigenvalue weighted by Crippen LogP contribution is -2.40. The molecule has 94 valence electrons. The Kier molecular flexibility index (Phi) is 2.76. The van der Waals surface area contributed by atoms with E-state index >= 15 is 0 Å². The Labute approximate surface area is 106 Å². The smallest absolute Gasteiger partial charge is 0.0406 e. The van der Waals surface area contributed by atoms with Crippen LogP contribution >= 0.6 is 0 Å². The van der Waals surface area contributed by atoms with Crippen LogP contribution in [0.1, 0.15) is 52.7 Å². The fourth-order valence-corrected chi connectivity index (χ4v) is 2.83. The Hall–Kier alpha value is -0.980. The Morgan fingerprint density at radius 3 is 2.18 bits per heavy atom. The third-order valence-electron chi connectivity index (χ3n) is 3.65. The molecule has 0 radical (unpaired) electrons. The van der Waals surface area contributed by atoms with Crippen molar-refractivity contribution in [2.24, 2.45) is 0 Å². The highest BCUT2D eigenvalue weighted by atomic mass is 15.2. The molecular formula is C16H25N. The lowest BCUT2D eigenvalue weighted by atomic mass is 9.83. The van der Waals surface area contributed by atoms with Crippen molar-refractivity contribution in [3.63, 3.8) is 0 Å². The fraction of sp³-hybridized carbons (Fsp3) is 0.625. The number of rotatable bonds is 0. The van der Waals surface area contributed by atoms with Gasteiger partial charge in [0.1, 0.15) is 0 Å². The van der Waals surface area contributed by atoms with E-state index in [1.807, 2.05) is 0 Å². The van der Waals surface area contributed by atoms with E-state index in [4.69, 9.17) is 0 Å². The number of anilines is 1. The van der Waals surface area contributed by atoms with E-state index in [0.29, 0.717) is 0 Å². The zero-order valence-corrected chi connectivity index (χ0v) is 12.1. The molecule has 0 saturated heterocycles. The number of hydrogen-bond donors (Lipinski definition) is 0. The van der Waals surface area contributed by atoms with Crippen LogP contribution < -0.4 is 4.90 Å². The van der Waals surface area contributed by atoms with Crippen molar-refractivity contribution >= 4 is 5.69 Å². The van der Waals surface area contributed by atoms with E-state index < -0.39 is 0 Å². The summed E-state index contributed by atoms with van der Waals surface area (Å²) in [7, 11) is 0. The van der Waals surface area contributed by atoms with Gasteiger partial charge in [0, 0.05) is 17.8 Å². The highest BCUT2D eigenvalue weighted by Crippen LogP contribution is 2.39. The van der Waals surface area contributed by atoms with Gasteiger partial charge < -0.3 is 4.90 Å². The minimum Gasteiger partial charge on any atom is -0.366 e. The topological polar surface area (TPSA) is 3.24 Å². The van der Waals surface area contributed by atoms with Crippen LogP contribution in [-0.2, 0) is 11.8 Å². The molecule has 0 N–H and O–H groups in total. The number of hydrogen-bond acceptors (Lipinski definition) is 1. The van der Waals surface area contributed by atoms with Crippen molar-refractivity contribution in [1.29, 1.82) is 0 Å². The predicted molar refractivity (Wildman–Crippen MR) is 75.9 cm³/mol. The molecule has 1 aromatic rings. The van der Waals surface area contributed by atoms with Crippen molar-refractivity contribution in [3.8, 4) is 0 Å². The van der Waals surface area contributed by atoms with Crippen LogP contribution in [0.2, 0.25) is 0 Å². The van der Waals surface area contributed by atoms with E-state index in [1.54, 1.807) is 5.56 Å². The van der Waals surface area contributed by atoms with Gasteiger partial charge in [0.2, 0.25) is 0 Å². The molecule has 0 fully saturated rings. The highest BCUT2D eigenvalue weighted by molar-refractivity contribution is 5.63. The predicted octanol–water partition coefficient (Wildman–Crippen LogP) is 4.15. The SMILES string of the molecule is CC(C)(C)c1cccc2c1CCN2C(C)(C)C. The molecule has 1 nitrogen and oxygen atoms in total. The van der Waals surface area contributed by atoms with Crippen molar-refractivity contribution in [2.75, 3.05) is 11.4 Å². The molecule has 17 heavy (non-hydrogen) atoms. The number of benzene rings is 1. The van der Waals surface area contributed by atoms with Crippen LogP contribution in [-0.4, -0.2) is 12.1 Å². The minimum atomic E-state index is 0.224. The molecular weight excluding hydrogens is 206 g/mol. The molecule has 1 aromatic carbocycles. The van der Waals surface area contributed by atoms with Gasteiger partial charge in [-0.05, 0) is 49.8 Å². The first kappa shape index (κ1) is 12.5. The van der Waals surface area contributed by atoms with Crippen molar-refractivity contribution in [3.05, 3.63) is 29.3 Å². The summed E-state index contributed by atoms with van der Waals surface area (Å²) in [6.45, 7) is 15.0. The average Bonchev–Trinajstić information content (AvgIpc) is 2.57. The molecule has 1 heteroatoms.